The van der Waals surface area contributed by atoms with E-state index in [4.69, 9.17) is 10.8 Å². The predicted octanol–water partition coefficient (Wildman–Crippen LogP) is 0.528. The summed E-state index contributed by atoms with van der Waals surface area (Å²) in [5.74, 6) is -0.428. The number of benzene rings is 1. The van der Waals surface area contributed by atoms with Crippen LogP contribution in [0.4, 0.5) is 10.5 Å². The molecule has 6 heteroatoms. The Bertz CT molecular complexity index is 403. The number of amides is 2. The van der Waals surface area contributed by atoms with Gasteiger partial charge in [0.2, 0.25) is 5.91 Å². The molecule has 0 aliphatic heterocycles. The van der Waals surface area contributed by atoms with E-state index < -0.39 is 18.0 Å². The molecule has 0 bridgehead atoms. The van der Waals surface area contributed by atoms with Crippen LogP contribution in [0.2, 0.25) is 0 Å². The van der Waals surface area contributed by atoms with Gasteiger partial charge in [0.25, 0.3) is 0 Å². The van der Waals surface area contributed by atoms with Gasteiger partial charge < -0.3 is 21.5 Å². The van der Waals surface area contributed by atoms with Gasteiger partial charge in [-0.25, -0.2) is 4.79 Å². The number of hydrogen-bond donors (Lipinski definition) is 4. The number of nitrogens with two attached hydrogens (primary N) is 1. The van der Waals surface area contributed by atoms with E-state index in [0.29, 0.717) is 5.69 Å². The molecule has 0 saturated carbocycles. The number of carbonyl (C=O) groups is 2. The Balaban J connectivity index is 2.48. The first-order chi connectivity index (χ1) is 7.99. The van der Waals surface area contributed by atoms with Gasteiger partial charge in [-0.15, -0.1) is 0 Å². The standard InChI is InChI=1S/C11H15N3O3/c1-7-2-4-8(5-3-7)14-10(15)9(12)6-13-11(16)17/h2-5,9,13H,6,12H2,1H3,(H,14,15)(H,16,17)/t9-/m1/s1. The van der Waals surface area contributed by atoms with Gasteiger partial charge in [0, 0.05) is 12.2 Å². The molecule has 0 saturated heterocycles. The maximum Gasteiger partial charge on any atom is 0.404 e. The normalized spacial score (nSPS) is 11.6. The Labute approximate surface area is 98.8 Å². The lowest BCUT2D eigenvalue weighted by Gasteiger charge is -2.12. The molecule has 1 aromatic carbocycles. The smallest absolute Gasteiger partial charge is 0.404 e. The van der Waals surface area contributed by atoms with Gasteiger partial charge in [-0.1, -0.05) is 17.7 Å². The van der Waals surface area contributed by atoms with E-state index in [9.17, 15) is 9.59 Å². The van der Waals surface area contributed by atoms with Crippen LogP contribution in [-0.4, -0.2) is 29.7 Å². The summed E-state index contributed by atoms with van der Waals surface area (Å²) in [6.45, 7) is 1.82. The minimum atomic E-state index is -1.21. The van der Waals surface area contributed by atoms with Gasteiger partial charge in [-0.05, 0) is 19.1 Å². The van der Waals surface area contributed by atoms with Gasteiger partial charge in [-0.2, -0.15) is 0 Å². The fourth-order valence-electron chi connectivity index (χ4n) is 1.16. The first kappa shape index (κ1) is 13.0. The van der Waals surface area contributed by atoms with Gasteiger partial charge in [0.05, 0.1) is 0 Å². The van der Waals surface area contributed by atoms with Crippen molar-refractivity contribution in [1.29, 1.82) is 0 Å². The Hall–Kier alpha value is -2.08. The van der Waals surface area contributed by atoms with E-state index in [2.05, 4.69) is 10.6 Å². The molecule has 0 heterocycles. The molecule has 0 fully saturated rings. The zero-order chi connectivity index (χ0) is 12.8. The lowest BCUT2D eigenvalue weighted by molar-refractivity contribution is -0.117. The second kappa shape index (κ2) is 5.86. The largest absolute Gasteiger partial charge is 0.465 e. The summed E-state index contributed by atoms with van der Waals surface area (Å²) in [5.41, 5.74) is 7.22. The molecule has 1 atom stereocenters. The third-order valence-corrected chi connectivity index (χ3v) is 2.13. The van der Waals surface area contributed by atoms with Gasteiger partial charge >= 0.3 is 6.09 Å². The Morgan fingerprint density at radius 1 is 1.35 bits per heavy atom. The van der Waals surface area contributed by atoms with Crippen LogP contribution in [0.3, 0.4) is 0 Å². The summed E-state index contributed by atoms with van der Waals surface area (Å²) in [5, 5.41) is 13.0. The van der Waals surface area contributed by atoms with E-state index in [1.54, 1.807) is 12.1 Å². The van der Waals surface area contributed by atoms with Crippen LogP contribution in [0.1, 0.15) is 5.56 Å². The SMILES string of the molecule is Cc1ccc(NC(=O)[C@H](N)CNC(=O)O)cc1. The van der Waals surface area contributed by atoms with Crippen LogP contribution in [0, 0.1) is 6.92 Å². The minimum Gasteiger partial charge on any atom is -0.465 e. The van der Waals surface area contributed by atoms with Crippen molar-refractivity contribution in [3.05, 3.63) is 29.8 Å². The number of rotatable bonds is 4. The first-order valence-corrected chi connectivity index (χ1v) is 5.09. The lowest BCUT2D eigenvalue weighted by atomic mass is 10.2. The maximum atomic E-state index is 11.5. The molecular weight excluding hydrogens is 222 g/mol. The van der Waals surface area contributed by atoms with Gasteiger partial charge in [-0.3, -0.25) is 4.79 Å². The van der Waals surface area contributed by atoms with Crippen LogP contribution >= 0.6 is 0 Å². The van der Waals surface area contributed by atoms with Crippen molar-refractivity contribution in [3.63, 3.8) is 0 Å². The summed E-state index contributed by atoms with van der Waals surface area (Å²) < 4.78 is 0. The Morgan fingerprint density at radius 3 is 2.47 bits per heavy atom. The van der Waals surface area contributed by atoms with Crippen molar-refractivity contribution in [3.8, 4) is 0 Å². The molecule has 1 aromatic rings. The molecule has 92 valence electrons. The topological polar surface area (TPSA) is 104 Å². The minimum absolute atomic E-state index is 0.118. The van der Waals surface area contributed by atoms with Crippen LogP contribution in [0.15, 0.2) is 24.3 Å². The molecule has 5 N–H and O–H groups in total. The molecule has 0 radical (unpaired) electrons. The fraction of sp³-hybridized carbons (Fsp3) is 0.273. The van der Waals surface area contributed by atoms with Crippen molar-refractivity contribution in [1.82, 2.24) is 5.32 Å². The second-order valence-electron chi connectivity index (χ2n) is 3.65. The predicted molar refractivity (Wildman–Crippen MR) is 63.8 cm³/mol. The van der Waals surface area contributed by atoms with Gasteiger partial charge in [0.15, 0.2) is 0 Å². The van der Waals surface area contributed by atoms with E-state index in [1.165, 1.54) is 0 Å². The Morgan fingerprint density at radius 2 is 1.94 bits per heavy atom. The molecule has 17 heavy (non-hydrogen) atoms. The number of carboxylic acid groups (broad SMARTS) is 1. The molecule has 0 aliphatic rings. The van der Waals surface area contributed by atoms with E-state index in [0.717, 1.165) is 5.56 Å². The van der Waals surface area contributed by atoms with Crippen molar-refractivity contribution in [2.75, 3.05) is 11.9 Å². The summed E-state index contributed by atoms with van der Waals surface area (Å²) >= 11 is 0. The lowest BCUT2D eigenvalue weighted by Crippen LogP contribution is -2.44. The highest BCUT2D eigenvalue weighted by Gasteiger charge is 2.14. The summed E-state index contributed by atoms with van der Waals surface area (Å²) in [4.78, 5) is 21.8. The zero-order valence-electron chi connectivity index (χ0n) is 9.43. The molecule has 0 spiro atoms. The van der Waals surface area contributed by atoms with E-state index in [-0.39, 0.29) is 6.54 Å². The third kappa shape index (κ3) is 4.52. The van der Waals surface area contributed by atoms with Crippen LogP contribution in [-0.2, 0) is 4.79 Å². The Kier molecular flexibility index (Phi) is 4.47. The van der Waals surface area contributed by atoms with Crippen LogP contribution < -0.4 is 16.4 Å². The van der Waals surface area contributed by atoms with Crippen LogP contribution in [0.25, 0.3) is 0 Å². The average molecular weight is 237 g/mol. The fourth-order valence-corrected chi connectivity index (χ4v) is 1.16. The van der Waals surface area contributed by atoms with Crippen molar-refractivity contribution < 1.29 is 14.7 Å². The highest BCUT2D eigenvalue weighted by atomic mass is 16.4. The quantitative estimate of drug-likeness (QED) is 0.613. The third-order valence-electron chi connectivity index (χ3n) is 2.13. The molecule has 0 aliphatic carbocycles. The van der Waals surface area contributed by atoms with Gasteiger partial charge in [0.1, 0.15) is 6.04 Å². The highest BCUT2D eigenvalue weighted by molar-refractivity contribution is 5.95. The molecule has 1 rings (SSSR count). The van der Waals surface area contributed by atoms with E-state index in [1.807, 2.05) is 19.1 Å². The summed E-state index contributed by atoms with van der Waals surface area (Å²) in [6, 6.07) is 6.31. The maximum absolute atomic E-state index is 11.5. The number of anilines is 1. The number of carbonyl (C=O) groups excluding carboxylic acids is 1. The molecule has 0 aromatic heterocycles. The first-order valence-electron chi connectivity index (χ1n) is 5.09. The molecular formula is C11H15N3O3. The number of hydrogen-bond acceptors (Lipinski definition) is 3. The number of nitrogens with one attached hydrogen (secondary N) is 2. The van der Waals surface area contributed by atoms with Crippen molar-refractivity contribution in [2.24, 2.45) is 5.73 Å². The molecule has 6 nitrogen and oxygen atoms in total. The second-order valence-corrected chi connectivity index (χ2v) is 3.65. The summed E-state index contributed by atoms with van der Waals surface area (Å²) in [7, 11) is 0. The zero-order valence-corrected chi connectivity index (χ0v) is 9.43. The number of aryl methyl sites for hydroxylation is 1. The highest BCUT2D eigenvalue weighted by Crippen LogP contribution is 2.08. The molecule has 0 unspecified atom stereocenters. The van der Waals surface area contributed by atoms with Crippen LogP contribution in [0.5, 0.6) is 0 Å². The average Bonchev–Trinajstić information content (AvgIpc) is 2.28. The summed E-state index contributed by atoms with van der Waals surface area (Å²) in [6.07, 6.45) is -1.21. The van der Waals surface area contributed by atoms with Crippen molar-refractivity contribution >= 4 is 17.7 Å². The van der Waals surface area contributed by atoms with E-state index >= 15 is 0 Å². The van der Waals surface area contributed by atoms with Crippen molar-refractivity contribution in [2.45, 2.75) is 13.0 Å². The molecule has 2 amide bonds. The monoisotopic (exact) mass is 237 g/mol.